The normalized spacial score (nSPS) is 23.6. The predicted molar refractivity (Wildman–Crippen MR) is 87.3 cm³/mol. The standard InChI is InChI=1S/C14H28N2OS.ClH/c1-5-14(6-2,18-4)11-15-12(17)13(3)9-7-8-10-16-13;/h16H,5-11H2,1-4H3,(H,15,17);1H. The van der Waals surface area contributed by atoms with Gasteiger partial charge in [-0.3, -0.25) is 4.79 Å². The van der Waals surface area contributed by atoms with E-state index in [0.717, 1.165) is 38.8 Å². The molecule has 0 spiro atoms. The molecule has 1 aliphatic rings. The zero-order valence-corrected chi connectivity index (χ0v) is 14.3. The average molecular weight is 309 g/mol. The van der Waals surface area contributed by atoms with Crippen LogP contribution in [0.25, 0.3) is 0 Å². The van der Waals surface area contributed by atoms with Crippen LogP contribution in [0, 0.1) is 0 Å². The minimum atomic E-state index is -0.357. The first-order valence-electron chi connectivity index (χ1n) is 7.10. The molecule has 0 aromatic rings. The van der Waals surface area contributed by atoms with Crippen molar-refractivity contribution in [2.45, 2.75) is 63.2 Å². The molecule has 1 unspecified atom stereocenters. The summed E-state index contributed by atoms with van der Waals surface area (Å²) in [6, 6.07) is 0. The topological polar surface area (TPSA) is 41.1 Å². The molecular formula is C14H29ClN2OS. The molecule has 1 fully saturated rings. The van der Waals surface area contributed by atoms with E-state index in [1.165, 1.54) is 6.42 Å². The molecule has 19 heavy (non-hydrogen) atoms. The molecule has 5 heteroatoms. The van der Waals surface area contributed by atoms with Gasteiger partial charge in [0.15, 0.2) is 0 Å². The Morgan fingerprint density at radius 3 is 2.42 bits per heavy atom. The molecule has 1 atom stereocenters. The third-order valence-electron chi connectivity index (χ3n) is 4.41. The van der Waals surface area contributed by atoms with Crippen LogP contribution in [-0.2, 0) is 4.79 Å². The van der Waals surface area contributed by atoms with E-state index in [9.17, 15) is 4.79 Å². The van der Waals surface area contributed by atoms with E-state index in [1.807, 2.05) is 18.7 Å². The number of nitrogens with one attached hydrogen (secondary N) is 2. The van der Waals surface area contributed by atoms with E-state index < -0.39 is 0 Å². The first kappa shape index (κ1) is 19.1. The van der Waals surface area contributed by atoms with Gasteiger partial charge >= 0.3 is 0 Å². The minimum Gasteiger partial charge on any atom is -0.353 e. The van der Waals surface area contributed by atoms with Crippen LogP contribution in [0.2, 0.25) is 0 Å². The molecule has 1 amide bonds. The van der Waals surface area contributed by atoms with Crippen LogP contribution in [-0.4, -0.2) is 35.5 Å². The monoisotopic (exact) mass is 308 g/mol. The summed E-state index contributed by atoms with van der Waals surface area (Å²) in [5.41, 5.74) is -0.357. The summed E-state index contributed by atoms with van der Waals surface area (Å²) in [6.07, 6.45) is 7.60. The smallest absolute Gasteiger partial charge is 0.240 e. The molecule has 0 saturated carbocycles. The van der Waals surface area contributed by atoms with Crippen molar-refractivity contribution in [3.8, 4) is 0 Å². The first-order valence-corrected chi connectivity index (χ1v) is 8.33. The van der Waals surface area contributed by atoms with Crippen molar-refractivity contribution in [1.82, 2.24) is 10.6 Å². The molecule has 1 saturated heterocycles. The van der Waals surface area contributed by atoms with Crippen LogP contribution in [0.5, 0.6) is 0 Å². The Balaban J connectivity index is 0.00000324. The number of thioether (sulfide) groups is 1. The van der Waals surface area contributed by atoms with Crippen molar-refractivity contribution in [3.05, 3.63) is 0 Å². The number of amides is 1. The molecule has 1 aliphatic heterocycles. The van der Waals surface area contributed by atoms with E-state index in [-0.39, 0.29) is 28.6 Å². The van der Waals surface area contributed by atoms with Crippen molar-refractivity contribution in [3.63, 3.8) is 0 Å². The number of carbonyl (C=O) groups is 1. The maximum atomic E-state index is 12.3. The number of piperidine rings is 1. The van der Waals surface area contributed by atoms with Crippen LogP contribution in [0.3, 0.4) is 0 Å². The molecule has 1 heterocycles. The van der Waals surface area contributed by atoms with Gasteiger partial charge in [0, 0.05) is 11.3 Å². The van der Waals surface area contributed by atoms with Crippen LogP contribution < -0.4 is 10.6 Å². The van der Waals surface area contributed by atoms with Gasteiger partial charge in [-0.05, 0) is 51.8 Å². The summed E-state index contributed by atoms with van der Waals surface area (Å²) in [5, 5.41) is 6.53. The van der Waals surface area contributed by atoms with Crippen molar-refractivity contribution in [2.24, 2.45) is 0 Å². The molecule has 3 nitrogen and oxygen atoms in total. The summed E-state index contributed by atoms with van der Waals surface area (Å²) in [5.74, 6) is 0.169. The van der Waals surface area contributed by atoms with Crippen LogP contribution >= 0.6 is 24.2 Å². The highest BCUT2D eigenvalue weighted by atomic mass is 35.5. The second-order valence-electron chi connectivity index (χ2n) is 5.49. The summed E-state index contributed by atoms with van der Waals surface area (Å²) in [4.78, 5) is 12.3. The van der Waals surface area contributed by atoms with Gasteiger partial charge < -0.3 is 10.6 Å². The summed E-state index contributed by atoms with van der Waals surface area (Å²) in [7, 11) is 0. The summed E-state index contributed by atoms with van der Waals surface area (Å²) >= 11 is 1.87. The Labute approximate surface area is 128 Å². The Morgan fingerprint density at radius 1 is 1.37 bits per heavy atom. The Morgan fingerprint density at radius 2 is 2.00 bits per heavy atom. The number of halogens is 1. The number of rotatable bonds is 6. The molecule has 0 aliphatic carbocycles. The maximum absolute atomic E-state index is 12.3. The second-order valence-corrected chi connectivity index (χ2v) is 6.77. The zero-order valence-electron chi connectivity index (χ0n) is 12.7. The molecule has 0 bridgehead atoms. The molecule has 1 rings (SSSR count). The van der Waals surface area contributed by atoms with Gasteiger partial charge in [-0.1, -0.05) is 13.8 Å². The van der Waals surface area contributed by atoms with Crippen molar-refractivity contribution >= 4 is 30.1 Å². The molecule has 0 aromatic heterocycles. The predicted octanol–water partition coefficient (Wildman–Crippen LogP) is 2.98. The Bertz CT molecular complexity index is 268. The maximum Gasteiger partial charge on any atom is 0.240 e. The average Bonchev–Trinajstić information content (AvgIpc) is 2.41. The third kappa shape index (κ3) is 4.83. The highest BCUT2D eigenvalue weighted by Crippen LogP contribution is 2.30. The second kappa shape index (κ2) is 8.38. The molecule has 2 N–H and O–H groups in total. The van der Waals surface area contributed by atoms with Gasteiger partial charge in [0.25, 0.3) is 0 Å². The van der Waals surface area contributed by atoms with Crippen molar-refractivity contribution in [1.29, 1.82) is 0 Å². The Hall–Kier alpha value is 0.0700. The fraction of sp³-hybridized carbons (Fsp3) is 0.929. The first-order chi connectivity index (χ1) is 8.52. The van der Waals surface area contributed by atoms with E-state index >= 15 is 0 Å². The highest BCUT2D eigenvalue weighted by Gasteiger charge is 2.35. The van der Waals surface area contributed by atoms with Crippen molar-refractivity contribution in [2.75, 3.05) is 19.3 Å². The van der Waals surface area contributed by atoms with E-state index in [1.54, 1.807) is 0 Å². The number of hydrogen-bond donors (Lipinski definition) is 2. The molecule has 0 radical (unpaired) electrons. The quantitative estimate of drug-likeness (QED) is 0.792. The van der Waals surface area contributed by atoms with Gasteiger partial charge in [-0.15, -0.1) is 12.4 Å². The van der Waals surface area contributed by atoms with Gasteiger partial charge in [-0.2, -0.15) is 11.8 Å². The van der Waals surface area contributed by atoms with Gasteiger partial charge in [0.1, 0.15) is 0 Å². The fourth-order valence-electron chi connectivity index (χ4n) is 2.55. The minimum absolute atomic E-state index is 0. The van der Waals surface area contributed by atoms with Crippen LogP contribution in [0.4, 0.5) is 0 Å². The molecule has 114 valence electrons. The van der Waals surface area contributed by atoms with Gasteiger partial charge in [0.2, 0.25) is 5.91 Å². The number of carbonyl (C=O) groups excluding carboxylic acids is 1. The lowest BCUT2D eigenvalue weighted by Gasteiger charge is -2.36. The lowest BCUT2D eigenvalue weighted by molar-refractivity contribution is -0.128. The zero-order chi connectivity index (χ0) is 13.6. The molecular weight excluding hydrogens is 280 g/mol. The van der Waals surface area contributed by atoms with Gasteiger partial charge in [0.05, 0.1) is 5.54 Å². The fourth-order valence-corrected chi connectivity index (χ4v) is 3.34. The van der Waals surface area contributed by atoms with E-state index in [0.29, 0.717) is 0 Å². The van der Waals surface area contributed by atoms with Crippen molar-refractivity contribution < 1.29 is 4.79 Å². The summed E-state index contributed by atoms with van der Waals surface area (Å²) in [6.45, 7) is 8.16. The number of hydrogen-bond acceptors (Lipinski definition) is 3. The lowest BCUT2D eigenvalue weighted by atomic mass is 9.89. The van der Waals surface area contributed by atoms with Crippen LogP contribution in [0.1, 0.15) is 52.9 Å². The highest BCUT2D eigenvalue weighted by molar-refractivity contribution is 8.00. The van der Waals surface area contributed by atoms with Crippen LogP contribution in [0.15, 0.2) is 0 Å². The SMILES string of the molecule is CCC(CC)(CNC(=O)C1(C)CCCCN1)SC.Cl. The van der Waals surface area contributed by atoms with E-state index in [4.69, 9.17) is 0 Å². The third-order valence-corrected chi connectivity index (χ3v) is 6.00. The lowest BCUT2D eigenvalue weighted by Crippen LogP contribution is -2.58. The molecule has 0 aromatic carbocycles. The van der Waals surface area contributed by atoms with E-state index in [2.05, 4.69) is 30.7 Å². The Kier molecular flexibility index (Phi) is 8.41. The van der Waals surface area contributed by atoms with Gasteiger partial charge in [-0.25, -0.2) is 0 Å². The largest absolute Gasteiger partial charge is 0.353 e. The summed E-state index contributed by atoms with van der Waals surface area (Å²) < 4.78 is 0.195.